The maximum Gasteiger partial charge on any atom is 0.183 e. The Morgan fingerprint density at radius 3 is 2.25 bits per heavy atom. The molecule has 0 heterocycles. The van der Waals surface area contributed by atoms with Gasteiger partial charge in [-0.3, -0.25) is 0 Å². The molecule has 1 N–H and O–H groups in total. The Morgan fingerprint density at radius 1 is 1.10 bits per heavy atom. The van der Waals surface area contributed by atoms with Gasteiger partial charge in [-0.05, 0) is 42.7 Å². The Balaban J connectivity index is 2.30. The topological polar surface area (TPSA) is 54.4 Å². The molecule has 0 radical (unpaired) electrons. The largest absolute Gasteiger partial charge is 0.392 e. The standard InChI is InChI=1S/C16H24O3S/c1-16(2,3)12-9-10-14(17)15(11-12)20(18,19)13-7-5-4-6-8-13/h4-8,12,14-15,17H,9-11H2,1-3H3/t12-,14?,15+/m0/s1. The molecule has 0 spiro atoms. The number of benzene rings is 1. The maximum absolute atomic E-state index is 12.7. The summed E-state index contributed by atoms with van der Waals surface area (Å²) in [6.45, 7) is 6.42. The molecule has 0 amide bonds. The predicted molar refractivity (Wildman–Crippen MR) is 80.2 cm³/mol. The van der Waals surface area contributed by atoms with Gasteiger partial charge >= 0.3 is 0 Å². The lowest BCUT2D eigenvalue weighted by atomic mass is 9.71. The number of hydrogen-bond donors (Lipinski definition) is 1. The Bertz CT molecular complexity index is 543. The first-order chi connectivity index (χ1) is 9.23. The SMILES string of the molecule is CC(C)(C)[C@H]1CCC(O)[C@H](S(=O)(=O)c2ccccc2)C1. The third-order valence-electron chi connectivity index (χ3n) is 4.45. The van der Waals surface area contributed by atoms with Crippen molar-refractivity contribution in [1.82, 2.24) is 0 Å². The van der Waals surface area contributed by atoms with Crippen LogP contribution in [0.1, 0.15) is 40.0 Å². The van der Waals surface area contributed by atoms with E-state index in [4.69, 9.17) is 0 Å². The third kappa shape index (κ3) is 3.07. The fourth-order valence-corrected chi connectivity index (χ4v) is 4.94. The van der Waals surface area contributed by atoms with Crippen molar-refractivity contribution in [2.24, 2.45) is 11.3 Å². The van der Waals surface area contributed by atoms with Gasteiger partial charge in [0.2, 0.25) is 0 Å². The number of hydrogen-bond acceptors (Lipinski definition) is 3. The summed E-state index contributed by atoms with van der Waals surface area (Å²) in [6.07, 6.45) is 1.25. The summed E-state index contributed by atoms with van der Waals surface area (Å²) in [5.74, 6) is 0.328. The molecule has 1 aromatic rings. The Morgan fingerprint density at radius 2 is 1.70 bits per heavy atom. The summed E-state index contributed by atoms with van der Waals surface area (Å²) < 4.78 is 25.4. The highest BCUT2D eigenvalue weighted by Gasteiger charge is 2.42. The average Bonchev–Trinajstić information content (AvgIpc) is 2.38. The molecule has 1 aliphatic rings. The van der Waals surface area contributed by atoms with Crippen LogP contribution in [0, 0.1) is 11.3 Å². The summed E-state index contributed by atoms with van der Waals surface area (Å²) in [4.78, 5) is 0.318. The smallest absolute Gasteiger partial charge is 0.183 e. The zero-order valence-corrected chi connectivity index (χ0v) is 13.2. The molecule has 0 saturated heterocycles. The monoisotopic (exact) mass is 296 g/mol. The van der Waals surface area contributed by atoms with Gasteiger partial charge in [0.15, 0.2) is 9.84 Å². The molecule has 1 fully saturated rings. The van der Waals surface area contributed by atoms with Gasteiger partial charge in [-0.15, -0.1) is 0 Å². The number of rotatable bonds is 2. The Kier molecular flexibility index (Phi) is 4.26. The summed E-state index contributed by atoms with van der Waals surface area (Å²) >= 11 is 0. The molecule has 2 rings (SSSR count). The average molecular weight is 296 g/mol. The van der Waals surface area contributed by atoms with E-state index in [9.17, 15) is 13.5 Å². The summed E-state index contributed by atoms with van der Waals surface area (Å²) in [5, 5.41) is 9.49. The zero-order chi connectivity index (χ0) is 15.0. The van der Waals surface area contributed by atoms with Gasteiger partial charge in [0.05, 0.1) is 16.2 Å². The van der Waals surface area contributed by atoms with Gasteiger partial charge in [-0.1, -0.05) is 39.0 Å². The van der Waals surface area contributed by atoms with Crippen LogP contribution >= 0.6 is 0 Å². The van der Waals surface area contributed by atoms with Crippen LogP contribution in [-0.2, 0) is 9.84 Å². The highest BCUT2D eigenvalue weighted by molar-refractivity contribution is 7.92. The number of sulfone groups is 1. The first-order valence-corrected chi connectivity index (χ1v) is 8.74. The molecule has 1 aliphatic carbocycles. The van der Waals surface area contributed by atoms with Crippen molar-refractivity contribution in [1.29, 1.82) is 0 Å². The number of aliphatic hydroxyl groups is 1. The molecule has 0 aliphatic heterocycles. The van der Waals surface area contributed by atoms with Crippen LogP contribution in [0.2, 0.25) is 0 Å². The minimum atomic E-state index is -3.45. The van der Waals surface area contributed by atoms with E-state index in [1.54, 1.807) is 30.3 Å². The molecule has 1 saturated carbocycles. The van der Waals surface area contributed by atoms with Crippen LogP contribution in [0.5, 0.6) is 0 Å². The van der Waals surface area contributed by atoms with Crippen molar-refractivity contribution in [2.75, 3.05) is 0 Å². The Labute approximate surface area is 121 Å². The molecule has 3 atom stereocenters. The summed E-state index contributed by atoms with van der Waals surface area (Å²) in [7, 11) is -3.45. The predicted octanol–water partition coefficient (Wildman–Crippen LogP) is 3.04. The van der Waals surface area contributed by atoms with Gasteiger partial charge in [0, 0.05) is 0 Å². The van der Waals surface area contributed by atoms with Crippen LogP contribution in [0.4, 0.5) is 0 Å². The summed E-state index contributed by atoms with van der Waals surface area (Å²) in [5.41, 5.74) is 0.0740. The van der Waals surface area contributed by atoms with Crippen LogP contribution in [0.25, 0.3) is 0 Å². The maximum atomic E-state index is 12.7. The van der Waals surface area contributed by atoms with E-state index in [-0.39, 0.29) is 5.41 Å². The lowest BCUT2D eigenvalue weighted by Crippen LogP contribution is -2.42. The van der Waals surface area contributed by atoms with Crippen LogP contribution in [0.15, 0.2) is 35.2 Å². The van der Waals surface area contributed by atoms with E-state index in [0.29, 0.717) is 23.7 Å². The molecule has 0 aromatic heterocycles. The minimum Gasteiger partial charge on any atom is -0.392 e. The van der Waals surface area contributed by atoms with E-state index >= 15 is 0 Å². The lowest BCUT2D eigenvalue weighted by molar-refractivity contribution is 0.0757. The van der Waals surface area contributed by atoms with Crippen molar-refractivity contribution in [3.8, 4) is 0 Å². The second kappa shape index (κ2) is 5.49. The van der Waals surface area contributed by atoms with E-state index in [1.807, 2.05) is 0 Å². The van der Waals surface area contributed by atoms with E-state index < -0.39 is 21.2 Å². The minimum absolute atomic E-state index is 0.0740. The van der Waals surface area contributed by atoms with E-state index in [0.717, 1.165) is 6.42 Å². The van der Waals surface area contributed by atoms with Crippen LogP contribution < -0.4 is 0 Å². The highest BCUT2D eigenvalue weighted by Crippen LogP contribution is 2.41. The second-order valence-electron chi connectivity index (χ2n) is 6.84. The Hall–Kier alpha value is -0.870. The van der Waals surface area contributed by atoms with Gasteiger partial charge in [-0.25, -0.2) is 8.42 Å². The first kappa shape index (κ1) is 15.5. The van der Waals surface area contributed by atoms with Gasteiger partial charge < -0.3 is 5.11 Å². The zero-order valence-electron chi connectivity index (χ0n) is 12.4. The van der Waals surface area contributed by atoms with E-state index in [1.165, 1.54) is 0 Å². The lowest BCUT2D eigenvalue weighted by Gasteiger charge is -2.39. The van der Waals surface area contributed by atoms with Crippen molar-refractivity contribution in [3.05, 3.63) is 30.3 Å². The molecule has 1 unspecified atom stereocenters. The van der Waals surface area contributed by atoms with Crippen molar-refractivity contribution in [2.45, 2.75) is 56.3 Å². The van der Waals surface area contributed by atoms with E-state index in [2.05, 4.69) is 20.8 Å². The normalized spacial score (nSPS) is 28.3. The fourth-order valence-electron chi connectivity index (χ4n) is 3.02. The van der Waals surface area contributed by atoms with Crippen LogP contribution in [-0.4, -0.2) is 24.9 Å². The fraction of sp³-hybridized carbons (Fsp3) is 0.625. The second-order valence-corrected chi connectivity index (χ2v) is 9.01. The van der Waals surface area contributed by atoms with Gasteiger partial charge in [0.25, 0.3) is 0 Å². The van der Waals surface area contributed by atoms with Crippen molar-refractivity contribution >= 4 is 9.84 Å². The number of aliphatic hydroxyl groups excluding tert-OH is 1. The molecule has 0 bridgehead atoms. The quantitative estimate of drug-likeness (QED) is 0.912. The molecule has 4 heteroatoms. The third-order valence-corrected chi connectivity index (χ3v) is 6.68. The van der Waals surface area contributed by atoms with Crippen molar-refractivity contribution < 1.29 is 13.5 Å². The van der Waals surface area contributed by atoms with Crippen molar-refractivity contribution in [3.63, 3.8) is 0 Å². The van der Waals surface area contributed by atoms with Gasteiger partial charge in [-0.2, -0.15) is 0 Å². The molecule has 3 nitrogen and oxygen atoms in total. The van der Waals surface area contributed by atoms with Crippen LogP contribution in [0.3, 0.4) is 0 Å². The summed E-state index contributed by atoms with van der Waals surface area (Å²) in [6, 6.07) is 8.48. The van der Waals surface area contributed by atoms with Gasteiger partial charge in [0.1, 0.15) is 0 Å². The molecule has 20 heavy (non-hydrogen) atoms. The first-order valence-electron chi connectivity index (χ1n) is 7.20. The molecular formula is C16H24O3S. The molecular weight excluding hydrogens is 272 g/mol. The molecule has 1 aromatic carbocycles. The highest BCUT2D eigenvalue weighted by atomic mass is 32.2. The molecule has 112 valence electrons.